The summed E-state index contributed by atoms with van der Waals surface area (Å²) in [5.74, 6) is 0.110. The lowest BCUT2D eigenvalue weighted by Crippen LogP contribution is -2.35. The van der Waals surface area contributed by atoms with Gasteiger partial charge in [0, 0.05) is 32.1 Å². The van der Waals surface area contributed by atoms with Crippen molar-refractivity contribution in [3.8, 4) is 0 Å². The summed E-state index contributed by atoms with van der Waals surface area (Å²) in [6, 6.07) is 0.166. The van der Waals surface area contributed by atoms with Crippen LogP contribution in [0.1, 0.15) is 20.3 Å². The molecule has 0 saturated carbocycles. The lowest BCUT2D eigenvalue weighted by molar-refractivity contribution is -0.121. The van der Waals surface area contributed by atoms with Gasteiger partial charge in [0.25, 0.3) is 0 Å². The minimum Gasteiger partial charge on any atom is -0.356 e. The number of hydrogen-bond donors (Lipinski definition) is 2. The van der Waals surface area contributed by atoms with Gasteiger partial charge in [0.1, 0.15) is 0 Å². The maximum Gasteiger partial charge on any atom is 0.221 e. The van der Waals surface area contributed by atoms with E-state index in [0.29, 0.717) is 13.0 Å². The van der Waals surface area contributed by atoms with E-state index < -0.39 is 0 Å². The van der Waals surface area contributed by atoms with E-state index in [9.17, 15) is 4.79 Å². The fourth-order valence-corrected chi connectivity index (χ4v) is 1.16. The molecule has 0 spiro atoms. The Kier molecular flexibility index (Phi) is 6.54. The third-order valence-corrected chi connectivity index (χ3v) is 1.69. The van der Waals surface area contributed by atoms with Gasteiger partial charge in [-0.15, -0.1) is 0 Å². The number of nitrogens with zero attached hydrogens (tertiary/aromatic N) is 1. The standard InChI is InChI=1S/C9H21N3O/c1-4-11-9(13)5-6-12(3)7-8(2)10/h8H,4-7,10H2,1-3H3,(H,11,13). The Bertz CT molecular complexity index is 148. The Labute approximate surface area is 80.5 Å². The molecule has 0 rings (SSSR count). The molecule has 1 atom stereocenters. The van der Waals surface area contributed by atoms with Crippen LogP contribution in [-0.2, 0) is 4.79 Å². The van der Waals surface area contributed by atoms with E-state index in [1.807, 2.05) is 20.9 Å². The minimum atomic E-state index is 0.110. The van der Waals surface area contributed by atoms with Crippen LogP contribution in [0, 0.1) is 0 Å². The van der Waals surface area contributed by atoms with Crippen LogP contribution < -0.4 is 11.1 Å². The fraction of sp³-hybridized carbons (Fsp3) is 0.889. The SMILES string of the molecule is CCNC(=O)CCN(C)CC(C)N. The molecule has 0 fully saturated rings. The molecule has 0 aliphatic rings. The van der Waals surface area contributed by atoms with E-state index in [0.717, 1.165) is 13.1 Å². The van der Waals surface area contributed by atoms with Gasteiger partial charge < -0.3 is 16.0 Å². The third-order valence-electron chi connectivity index (χ3n) is 1.69. The first-order chi connectivity index (χ1) is 6.06. The molecule has 0 aliphatic heterocycles. The summed E-state index contributed by atoms with van der Waals surface area (Å²) in [6.07, 6.45) is 0.553. The van der Waals surface area contributed by atoms with E-state index in [2.05, 4.69) is 10.2 Å². The summed E-state index contributed by atoms with van der Waals surface area (Å²) < 4.78 is 0. The monoisotopic (exact) mass is 187 g/mol. The first-order valence-corrected chi connectivity index (χ1v) is 4.77. The molecule has 13 heavy (non-hydrogen) atoms. The zero-order valence-corrected chi connectivity index (χ0v) is 8.84. The van der Waals surface area contributed by atoms with Gasteiger partial charge in [-0.25, -0.2) is 0 Å². The van der Waals surface area contributed by atoms with E-state index >= 15 is 0 Å². The lowest BCUT2D eigenvalue weighted by Gasteiger charge is -2.18. The summed E-state index contributed by atoms with van der Waals surface area (Å²) >= 11 is 0. The van der Waals surface area contributed by atoms with Gasteiger partial charge in [-0.1, -0.05) is 0 Å². The Morgan fingerprint density at radius 1 is 1.62 bits per heavy atom. The topological polar surface area (TPSA) is 58.4 Å². The Morgan fingerprint density at radius 3 is 2.69 bits per heavy atom. The van der Waals surface area contributed by atoms with E-state index in [1.165, 1.54) is 0 Å². The van der Waals surface area contributed by atoms with Gasteiger partial charge in [0.05, 0.1) is 0 Å². The average molecular weight is 187 g/mol. The van der Waals surface area contributed by atoms with Crippen LogP contribution in [0.3, 0.4) is 0 Å². The van der Waals surface area contributed by atoms with E-state index in [-0.39, 0.29) is 11.9 Å². The molecule has 1 unspecified atom stereocenters. The largest absolute Gasteiger partial charge is 0.356 e. The Hall–Kier alpha value is -0.610. The van der Waals surface area contributed by atoms with Gasteiger partial charge in [0.2, 0.25) is 5.91 Å². The molecule has 0 aliphatic carbocycles. The van der Waals surface area contributed by atoms with Gasteiger partial charge in [-0.3, -0.25) is 4.79 Å². The van der Waals surface area contributed by atoms with Crippen LogP contribution in [0.15, 0.2) is 0 Å². The Balaban J connectivity index is 3.45. The first-order valence-electron chi connectivity index (χ1n) is 4.77. The third kappa shape index (κ3) is 7.74. The van der Waals surface area contributed by atoms with Crippen molar-refractivity contribution >= 4 is 5.91 Å². The number of nitrogens with two attached hydrogens (primary N) is 1. The first kappa shape index (κ1) is 12.4. The smallest absolute Gasteiger partial charge is 0.221 e. The molecule has 0 radical (unpaired) electrons. The molecule has 0 aromatic rings. The predicted molar refractivity (Wildman–Crippen MR) is 54.4 cm³/mol. The molecular formula is C9H21N3O. The normalized spacial score (nSPS) is 13.0. The average Bonchev–Trinajstić information content (AvgIpc) is 2.00. The van der Waals surface area contributed by atoms with Crippen LogP contribution in [0.25, 0.3) is 0 Å². The molecular weight excluding hydrogens is 166 g/mol. The maximum atomic E-state index is 11.1. The number of nitrogens with one attached hydrogen (secondary N) is 1. The second-order valence-electron chi connectivity index (χ2n) is 3.44. The summed E-state index contributed by atoms with van der Waals surface area (Å²) in [6.45, 7) is 6.19. The zero-order chi connectivity index (χ0) is 10.3. The molecule has 0 saturated heterocycles. The quantitative estimate of drug-likeness (QED) is 0.605. The van der Waals surface area contributed by atoms with Crippen molar-refractivity contribution < 1.29 is 4.79 Å². The Morgan fingerprint density at radius 2 is 2.23 bits per heavy atom. The van der Waals surface area contributed by atoms with Crippen LogP contribution >= 0.6 is 0 Å². The summed E-state index contributed by atoms with van der Waals surface area (Å²) in [5.41, 5.74) is 5.62. The molecule has 1 amide bonds. The van der Waals surface area contributed by atoms with Crippen LogP contribution in [0.2, 0.25) is 0 Å². The number of hydrogen-bond acceptors (Lipinski definition) is 3. The van der Waals surface area contributed by atoms with Crippen molar-refractivity contribution in [2.75, 3.05) is 26.7 Å². The predicted octanol–water partition coefficient (Wildman–Crippen LogP) is -0.208. The molecule has 4 nitrogen and oxygen atoms in total. The van der Waals surface area contributed by atoms with Gasteiger partial charge >= 0.3 is 0 Å². The van der Waals surface area contributed by atoms with Crippen LogP contribution in [-0.4, -0.2) is 43.5 Å². The maximum absolute atomic E-state index is 11.1. The zero-order valence-electron chi connectivity index (χ0n) is 8.84. The van der Waals surface area contributed by atoms with Crippen molar-refractivity contribution in [3.63, 3.8) is 0 Å². The van der Waals surface area contributed by atoms with Gasteiger partial charge in [0.15, 0.2) is 0 Å². The minimum absolute atomic E-state index is 0.110. The molecule has 0 aromatic heterocycles. The van der Waals surface area contributed by atoms with Crippen molar-refractivity contribution in [2.24, 2.45) is 5.73 Å². The molecule has 0 heterocycles. The van der Waals surface area contributed by atoms with E-state index in [1.54, 1.807) is 0 Å². The molecule has 4 heteroatoms. The molecule has 3 N–H and O–H groups in total. The highest BCUT2D eigenvalue weighted by atomic mass is 16.1. The van der Waals surface area contributed by atoms with Crippen molar-refractivity contribution in [1.82, 2.24) is 10.2 Å². The number of likely N-dealkylation sites (N-methyl/N-ethyl adjacent to an activating group) is 1. The van der Waals surface area contributed by atoms with E-state index in [4.69, 9.17) is 5.73 Å². The van der Waals surface area contributed by atoms with Crippen molar-refractivity contribution in [1.29, 1.82) is 0 Å². The van der Waals surface area contributed by atoms with Gasteiger partial charge in [-0.2, -0.15) is 0 Å². The summed E-state index contributed by atoms with van der Waals surface area (Å²) in [4.78, 5) is 13.1. The number of carbonyl (C=O) groups excluding carboxylic acids is 1. The highest BCUT2D eigenvalue weighted by molar-refractivity contribution is 5.75. The molecule has 78 valence electrons. The van der Waals surface area contributed by atoms with Crippen molar-refractivity contribution in [3.05, 3.63) is 0 Å². The summed E-state index contributed by atoms with van der Waals surface area (Å²) in [5, 5.41) is 2.76. The molecule has 0 bridgehead atoms. The van der Waals surface area contributed by atoms with Crippen LogP contribution in [0.5, 0.6) is 0 Å². The number of rotatable bonds is 6. The van der Waals surface area contributed by atoms with Gasteiger partial charge in [-0.05, 0) is 20.9 Å². The summed E-state index contributed by atoms with van der Waals surface area (Å²) in [7, 11) is 1.97. The second-order valence-corrected chi connectivity index (χ2v) is 3.44. The van der Waals surface area contributed by atoms with Crippen molar-refractivity contribution in [2.45, 2.75) is 26.3 Å². The second kappa shape index (κ2) is 6.86. The number of carbonyl (C=O) groups is 1. The highest BCUT2D eigenvalue weighted by Crippen LogP contribution is 1.89. The number of amides is 1. The van der Waals surface area contributed by atoms with Crippen LogP contribution in [0.4, 0.5) is 0 Å². The fourth-order valence-electron chi connectivity index (χ4n) is 1.16. The highest BCUT2D eigenvalue weighted by Gasteiger charge is 2.04. The molecule has 0 aromatic carbocycles. The lowest BCUT2D eigenvalue weighted by atomic mass is 10.3.